The molecule has 1 aromatic carbocycles. The van der Waals surface area contributed by atoms with Gasteiger partial charge in [-0.1, -0.05) is 0 Å². The quantitative estimate of drug-likeness (QED) is 0.577. The van der Waals surface area contributed by atoms with Crippen LogP contribution in [-0.2, 0) is 16.6 Å². The van der Waals surface area contributed by atoms with Gasteiger partial charge in [0.1, 0.15) is 5.69 Å². The Morgan fingerprint density at radius 3 is 2.57 bits per heavy atom. The number of nitrogens with one attached hydrogen (secondary N) is 1. The SMILES string of the molecule is Cc1cnccc1CNc1ccc(S(=O)(=O)N2CCN(C)CC2)cc1[N+](=O)[O-]. The van der Waals surface area contributed by atoms with Crippen molar-refractivity contribution in [1.82, 2.24) is 14.2 Å². The summed E-state index contributed by atoms with van der Waals surface area (Å²) in [5, 5.41) is 14.6. The van der Waals surface area contributed by atoms with Crippen molar-refractivity contribution in [2.24, 2.45) is 0 Å². The van der Waals surface area contributed by atoms with Crippen LogP contribution < -0.4 is 5.32 Å². The molecule has 0 radical (unpaired) electrons. The highest BCUT2D eigenvalue weighted by molar-refractivity contribution is 7.89. The lowest BCUT2D eigenvalue weighted by atomic mass is 10.1. The summed E-state index contributed by atoms with van der Waals surface area (Å²) in [7, 11) is -1.84. The lowest BCUT2D eigenvalue weighted by Crippen LogP contribution is -2.47. The second-order valence-corrected chi connectivity index (χ2v) is 8.74. The third-order valence-corrected chi connectivity index (χ3v) is 6.77. The van der Waals surface area contributed by atoms with E-state index in [0.29, 0.717) is 32.7 Å². The third-order valence-electron chi connectivity index (χ3n) is 4.87. The molecule has 0 unspecified atom stereocenters. The number of hydrogen-bond donors (Lipinski definition) is 1. The first kappa shape index (κ1) is 20.2. The van der Waals surface area contributed by atoms with Crippen LogP contribution in [-0.4, -0.2) is 60.8 Å². The highest BCUT2D eigenvalue weighted by Gasteiger charge is 2.29. The molecule has 1 aliphatic rings. The topological polar surface area (TPSA) is 109 Å². The predicted octanol–water partition coefficient (Wildman–Crippen LogP) is 1.85. The summed E-state index contributed by atoms with van der Waals surface area (Å²) in [6.45, 7) is 4.28. The Morgan fingerprint density at radius 2 is 1.93 bits per heavy atom. The van der Waals surface area contributed by atoms with Crippen molar-refractivity contribution in [3.05, 3.63) is 57.9 Å². The van der Waals surface area contributed by atoms with E-state index in [4.69, 9.17) is 0 Å². The summed E-state index contributed by atoms with van der Waals surface area (Å²) >= 11 is 0. The number of pyridine rings is 1. The maximum Gasteiger partial charge on any atom is 0.293 e. The van der Waals surface area contributed by atoms with E-state index >= 15 is 0 Å². The Morgan fingerprint density at radius 1 is 1.21 bits per heavy atom. The first-order chi connectivity index (χ1) is 13.3. The molecule has 2 aromatic rings. The molecule has 28 heavy (non-hydrogen) atoms. The zero-order valence-corrected chi connectivity index (χ0v) is 16.6. The van der Waals surface area contributed by atoms with Gasteiger partial charge >= 0.3 is 0 Å². The largest absolute Gasteiger partial charge is 0.375 e. The predicted molar refractivity (Wildman–Crippen MR) is 106 cm³/mol. The van der Waals surface area contributed by atoms with Gasteiger partial charge in [-0.2, -0.15) is 4.31 Å². The van der Waals surface area contributed by atoms with Crippen LogP contribution in [0.3, 0.4) is 0 Å². The fraction of sp³-hybridized carbons (Fsp3) is 0.389. The van der Waals surface area contributed by atoms with Gasteiger partial charge < -0.3 is 10.2 Å². The fourth-order valence-corrected chi connectivity index (χ4v) is 4.48. The van der Waals surface area contributed by atoms with Crippen LogP contribution in [0.15, 0.2) is 41.6 Å². The molecule has 0 atom stereocenters. The summed E-state index contributed by atoms with van der Waals surface area (Å²) in [5.41, 5.74) is 1.94. The van der Waals surface area contributed by atoms with Crippen LogP contribution in [0, 0.1) is 17.0 Å². The molecule has 0 aliphatic carbocycles. The van der Waals surface area contributed by atoms with Gasteiger partial charge in [-0.05, 0) is 43.3 Å². The third kappa shape index (κ3) is 4.29. The van der Waals surface area contributed by atoms with Crippen molar-refractivity contribution in [2.75, 3.05) is 38.5 Å². The molecule has 0 amide bonds. The van der Waals surface area contributed by atoms with Crippen LogP contribution in [0.4, 0.5) is 11.4 Å². The van der Waals surface area contributed by atoms with Gasteiger partial charge in [0, 0.05) is 51.2 Å². The number of likely N-dealkylation sites (N-methyl/N-ethyl adjacent to an activating group) is 1. The van der Waals surface area contributed by atoms with E-state index in [9.17, 15) is 18.5 Å². The normalized spacial score (nSPS) is 16.1. The summed E-state index contributed by atoms with van der Waals surface area (Å²) in [6, 6.07) is 5.84. The maximum absolute atomic E-state index is 12.9. The number of rotatable bonds is 6. The number of aromatic nitrogens is 1. The van der Waals surface area contributed by atoms with Crippen LogP contribution >= 0.6 is 0 Å². The van der Waals surface area contributed by atoms with Crippen molar-refractivity contribution in [3.8, 4) is 0 Å². The maximum atomic E-state index is 12.9. The highest BCUT2D eigenvalue weighted by Crippen LogP contribution is 2.30. The summed E-state index contributed by atoms with van der Waals surface area (Å²) in [5.74, 6) is 0. The summed E-state index contributed by atoms with van der Waals surface area (Å²) < 4.78 is 27.1. The monoisotopic (exact) mass is 405 g/mol. The zero-order chi connectivity index (χ0) is 20.3. The zero-order valence-electron chi connectivity index (χ0n) is 15.8. The van der Waals surface area contributed by atoms with E-state index in [1.165, 1.54) is 16.4 Å². The molecule has 0 spiro atoms. The Labute approximate surface area is 164 Å². The number of benzene rings is 1. The molecule has 3 rings (SSSR count). The minimum absolute atomic E-state index is 0.0607. The van der Waals surface area contributed by atoms with Crippen molar-refractivity contribution in [1.29, 1.82) is 0 Å². The molecule has 150 valence electrons. The molecule has 9 nitrogen and oxygen atoms in total. The van der Waals surface area contributed by atoms with Crippen LogP contribution in [0.5, 0.6) is 0 Å². The lowest BCUT2D eigenvalue weighted by molar-refractivity contribution is -0.384. The van der Waals surface area contributed by atoms with Crippen molar-refractivity contribution < 1.29 is 13.3 Å². The first-order valence-corrected chi connectivity index (χ1v) is 10.3. The number of anilines is 1. The second kappa shape index (κ2) is 8.21. The van der Waals surface area contributed by atoms with Crippen LogP contribution in [0.1, 0.15) is 11.1 Å². The van der Waals surface area contributed by atoms with Gasteiger partial charge in [0.05, 0.1) is 9.82 Å². The number of nitro benzene ring substituents is 1. The molecule has 1 saturated heterocycles. The van der Waals surface area contributed by atoms with E-state index in [2.05, 4.69) is 10.3 Å². The highest BCUT2D eigenvalue weighted by atomic mass is 32.2. The molecule has 0 bridgehead atoms. The molecule has 1 fully saturated rings. The number of nitrogens with zero attached hydrogens (tertiary/aromatic N) is 4. The number of nitro groups is 1. The van der Waals surface area contributed by atoms with Crippen LogP contribution in [0.2, 0.25) is 0 Å². The van der Waals surface area contributed by atoms with E-state index in [1.807, 2.05) is 24.9 Å². The fourth-order valence-electron chi connectivity index (χ4n) is 3.04. The van der Waals surface area contributed by atoms with Crippen molar-refractivity contribution in [2.45, 2.75) is 18.4 Å². The number of hydrogen-bond acceptors (Lipinski definition) is 7. The number of piperazine rings is 1. The van der Waals surface area contributed by atoms with Gasteiger partial charge in [0.25, 0.3) is 5.69 Å². The average Bonchev–Trinajstić information content (AvgIpc) is 2.67. The van der Waals surface area contributed by atoms with Gasteiger partial charge in [-0.15, -0.1) is 0 Å². The van der Waals surface area contributed by atoms with Crippen molar-refractivity contribution >= 4 is 21.4 Å². The molecule has 10 heteroatoms. The minimum Gasteiger partial charge on any atom is -0.375 e. The molecule has 1 aromatic heterocycles. The molecule has 0 saturated carbocycles. The molecule has 1 N–H and O–H groups in total. The molecular weight excluding hydrogens is 382 g/mol. The van der Waals surface area contributed by atoms with E-state index in [-0.39, 0.29) is 16.3 Å². The van der Waals surface area contributed by atoms with Crippen molar-refractivity contribution in [3.63, 3.8) is 0 Å². The molecular formula is C18H23N5O4S. The standard InChI is InChI=1S/C18H23N5O4S/c1-14-12-19-6-5-15(14)13-20-17-4-3-16(11-18(17)23(24)25)28(26,27)22-9-7-21(2)8-10-22/h3-6,11-12,20H,7-10,13H2,1-2H3. The van der Waals surface area contributed by atoms with Gasteiger partial charge in [0.15, 0.2) is 0 Å². The molecule has 2 heterocycles. The Balaban J connectivity index is 1.85. The minimum atomic E-state index is -3.77. The lowest BCUT2D eigenvalue weighted by Gasteiger charge is -2.31. The van der Waals surface area contributed by atoms with Crippen LogP contribution in [0.25, 0.3) is 0 Å². The number of sulfonamides is 1. The molecule has 1 aliphatic heterocycles. The Bertz CT molecular complexity index is 972. The summed E-state index contributed by atoms with van der Waals surface area (Å²) in [6.07, 6.45) is 3.38. The van der Waals surface area contributed by atoms with E-state index in [1.54, 1.807) is 12.4 Å². The smallest absolute Gasteiger partial charge is 0.293 e. The first-order valence-electron chi connectivity index (χ1n) is 8.89. The van der Waals surface area contributed by atoms with Gasteiger partial charge in [-0.3, -0.25) is 15.1 Å². The number of aryl methyl sites for hydroxylation is 1. The average molecular weight is 405 g/mol. The summed E-state index contributed by atoms with van der Waals surface area (Å²) in [4.78, 5) is 17.0. The second-order valence-electron chi connectivity index (χ2n) is 6.80. The van der Waals surface area contributed by atoms with Gasteiger partial charge in [0.2, 0.25) is 10.0 Å². The van der Waals surface area contributed by atoms with E-state index < -0.39 is 14.9 Å². The van der Waals surface area contributed by atoms with Gasteiger partial charge in [-0.25, -0.2) is 8.42 Å². The Kier molecular flexibility index (Phi) is 5.92. The Hall–Kier alpha value is -2.56. The van der Waals surface area contributed by atoms with E-state index in [0.717, 1.165) is 17.2 Å².